The van der Waals surface area contributed by atoms with E-state index in [4.69, 9.17) is 37.4 Å². The number of piperazine rings is 1. The highest BCUT2D eigenvalue weighted by Crippen LogP contribution is 2.37. The Morgan fingerprint density at radius 2 is 1.74 bits per heavy atom. The zero-order valence-corrected chi connectivity index (χ0v) is 25.4. The normalized spacial score (nSPS) is 27.0. The molecule has 0 spiro atoms. The Balaban J connectivity index is 1.49. The lowest BCUT2D eigenvalue weighted by molar-refractivity contribution is -0.147. The van der Waals surface area contributed by atoms with E-state index >= 15 is 0 Å². The summed E-state index contributed by atoms with van der Waals surface area (Å²) in [5.41, 5.74) is 1.18. The molecule has 1 heterocycles. The lowest BCUT2D eigenvalue weighted by atomic mass is 9.82. The number of rotatable bonds is 11. The van der Waals surface area contributed by atoms with E-state index in [1.165, 1.54) is 7.11 Å². The number of nitrogens with one attached hydrogen (secondary N) is 2. The van der Waals surface area contributed by atoms with Gasteiger partial charge in [-0.3, -0.25) is 9.69 Å². The monoisotopic (exact) mass is 619 g/mol. The first-order valence-corrected chi connectivity index (χ1v) is 15.2. The van der Waals surface area contributed by atoms with E-state index in [9.17, 15) is 14.4 Å². The molecule has 228 valence electrons. The van der Waals surface area contributed by atoms with Gasteiger partial charge < -0.3 is 24.8 Å². The van der Waals surface area contributed by atoms with E-state index in [1.807, 2.05) is 30.3 Å². The molecule has 0 aromatic heterocycles. The minimum absolute atomic E-state index is 0.137. The molecule has 2 N–H and O–H groups in total. The first-order chi connectivity index (χ1) is 20.3. The Bertz CT molecular complexity index is 1170. The molecule has 2 aliphatic rings. The molecule has 4 rings (SSSR count). The van der Waals surface area contributed by atoms with Crippen molar-refractivity contribution in [3.8, 4) is 0 Å². The lowest BCUT2D eigenvalue weighted by Crippen LogP contribution is -2.58. The number of carbonyl (C=O) groups is 3. The molecule has 1 amide bonds. The number of hydrogen-bond donors (Lipinski definition) is 2. The van der Waals surface area contributed by atoms with Crippen molar-refractivity contribution in [1.82, 2.24) is 15.5 Å². The molecule has 9 nitrogen and oxygen atoms in total. The van der Waals surface area contributed by atoms with Crippen LogP contribution < -0.4 is 10.6 Å². The maximum atomic E-state index is 13.7. The van der Waals surface area contributed by atoms with Crippen LogP contribution in [0.15, 0.2) is 60.7 Å². The first-order valence-electron chi connectivity index (χ1n) is 14.3. The van der Waals surface area contributed by atoms with Crippen LogP contribution in [-0.2, 0) is 30.2 Å². The average Bonchev–Trinajstić information content (AvgIpc) is 3.00. The number of carbonyl (C=O) groups excluding carboxylic acids is 3. The van der Waals surface area contributed by atoms with Crippen molar-refractivity contribution >= 4 is 41.0 Å². The van der Waals surface area contributed by atoms with Crippen molar-refractivity contribution in [1.29, 1.82) is 0 Å². The molecule has 42 heavy (non-hydrogen) atoms. The minimum atomic E-state index is -1.05. The molecule has 7 atom stereocenters. The standard InChI is InChI=1S/C31H39Cl2N3O6/c1-20-19-36(14-13-34-20)15-16-41-28-24(32)18-23(27(26(28)33)42-30(38)22-11-7-4-8-12-22)29(37)35-25(31(39)40-2)17-21-9-5-3-6-10-21/h3-12,20,23-28,34H,13-19H2,1-2H3,(H,35,37)/t20?,23?,24?,25-,26?,27?,28?/m1/s1. The maximum absolute atomic E-state index is 13.7. The molecule has 0 bridgehead atoms. The fourth-order valence-corrected chi connectivity index (χ4v) is 6.45. The average molecular weight is 621 g/mol. The van der Waals surface area contributed by atoms with E-state index in [-0.39, 0.29) is 12.8 Å². The molecule has 2 fully saturated rings. The first kappa shape index (κ1) is 32.2. The van der Waals surface area contributed by atoms with Gasteiger partial charge in [0.05, 0.1) is 42.1 Å². The molecule has 11 heteroatoms. The molecule has 2 aromatic carbocycles. The maximum Gasteiger partial charge on any atom is 0.338 e. The molecule has 2 aromatic rings. The molecule has 1 saturated heterocycles. The van der Waals surface area contributed by atoms with Crippen molar-refractivity contribution in [2.45, 2.75) is 54.8 Å². The van der Waals surface area contributed by atoms with Crippen molar-refractivity contribution < 1.29 is 28.6 Å². The second-order valence-electron chi connectivity index (χ2n) is 10.8. The van der Waals surface area contributed by atoms with Crippen LogP contribution in [0.4, 0.5) is 0 Å². The number of nitrogens with zero attached hydrogens (tertiary/aromatic N) is 1. The second-order valence-corrected chi connectivity index (χ2v) is 11.9. The Kier molecular flexibility index (Phi) is 12.0. The number of hydrogen-bond acceptors (Lipinski definition) is 8. The summed E-state index contributed by atoms with van der Waals surface area (Å²) >= 11 is 13.7. The summed E-state index contributed by atoms with van der Waals surface area (Å²) in [5.74, 6) is -2.62. The summed E-state index contributed by atoms with van der Waals surface area (Å²) in [5, 5.41) is 4.69. The predicted molar refractivity (Wildman–Crippen MR) is 161 cm³/mol. The number of methoxy groups -OCH3 is 1. The smallest absolute Gasteiger partial charge is 0.338 e. The van der Waals surface area contributed by atoms with Crippen molar-refractivity contribution in [3.63, 3.8) is 0 Å². The lowest BCUT2D eigenvalue weighted by Gasteiger charge is -2.41. The van der Waals surface area contributed by atoms with Gasteiger partial charge in [0.25, 0.3) is 0 Å². The summed E-state index contributed by atoms with van der Waals surface area (Å²) in [4.78, 5) is 41.8. The molecule has 1 aliphatic carbocycles. The van der Waals surface area contributed by atoms with Gasteiger partial charge in [-0.1, -0.05) is 48.5 Å². The summed E-state index contributed by atoms with van der Waals surface area (Å²) < 4.78 is 17.0. The van der Waals surface area contributed by atoms with Gasteiger partial charge in [0.1, 0.15) is 12.1 Å². The summed E-state index contributed by atoms with van der Waals surface area (Å²) in [6.45, 7) is 5.96. The SMILES string of the molecule is COC(=O)[C@@H](Cc1ccccc1)NC(=O)C1CC(Cl)C(OCCN2CCNC(C)C2)C(Cl)C1OC(=O)c1ccccc1. The number of benzene rings is 2. The van der Waals surface area contributed by atoms with Gasteiger partial charge in [-0.05, 0) is 31.0 Å². The number of ether oxygens (including phenoxy) is 3. The third kappa shape index (κ3) is 8.67. The molecule has 1 aliphatic heterocycles. The minimum Gasteiger partial charge on any atom is -0.467 e. The zero-order chi connectivity index (χ0) is 30.1. The largest absolute Gasteiger partial charge is 0.467 e. The van der Waals surface area contributed by atoms with Gasteiger partial charge in [0, 0.05) is 38.6 Å². The van der Waals surface area contributed by atoms with Crippen LogP contribution in [0.3, 0.4) is 0 Å². The third-order valence-corrected chi connectivity index (χ3v) is 8.63. The van der Waals surface area contributed by atoms with Crippen LogP contribution in [0.5, 0.6) is 0 Å². The van der Waals surface area contributed by atoms with E-state index in [0.29, 0.717) is 24.8 Å². The number of esters is 2. The molecular formula is C31H39Cl2N3O6. The van der Waals surface area contributed by atoms with Gasteiger partial charge in [0.2, 0.25) is 5.91 Å². The van der Waals surface area contributed by atoms with E-state index in [1.54, 1.807) is 30.3 Å². The highest BCUT2D eigenvalue weighted by Gasteiger charge is 2.49. The van der Waals surface area contributed by atoms with Crippen LogP contribution in [0.2, 0.25) is 0 Å². The fourth-order valence-electron chi connectivity index (χ4n) is 5.48. The van der Waals surface area contributed by atoms with Crippen molar-refractivity contribution in [2.24, 2.45) is 5.92 Å². The topological polar surface area (TPSA) is 106 Å². The number of halogens is 2. The van der Waals surface area contributed by atoms with Crippen LogP contribution >= 0.6 is 23.2 Å². The van der Waals surface area contributed by atoms with E-state index in [2.05, 4.69) is 22.5 Å². The number of amides is 1. The Morgan fingerprint density at radius 1 is 1.05 bits per heavy atom. The Morgan fingerprint density at radius 3 is 2.40 bits per heavy atom. The quantitative estimate of drug-likeness (QED) is 0.292. The molecule has 0 radical (unpaired) electrons. The predicted octanol–water partition coefficient (Wildman–Crippen LogP) is 3.03. The van der Waals surface area contributed by atoms with Gasteiger partial charge >= 0.3 is 11.9 Å². The fraction of sp³-hybridized carbons (Fsp3) is 0.516. The van der Waals surface area contributed by atoms with Crippen LogP contribution in [0, 0.1) is 5.92 Å². The van der Waals surface area contributed by atoms with Crippen molar-refractivity contribution in [3.05, 3.63) is 71.8 Å². The van der Waals surface area contributed by atoms with Gasteiger partial charge in [-0.2, -0.15) is 0 Å². The molecule has 1 saturated carbocycles. The highest BCUT2D eigenvalue weighted by atomic mass is 35.5. The highest BCUT2D eigenvalue weighted by molar-refractivity contribution is 6.25. The van der Waals surface area contributed by atoms with Gasteiger partial charge in [-0.25, -0.2) is 9.59 Å². The van der Waals surface area contributed by atoms with E-state index < -0.39 is 52.8 Å². The van der Waals surface area contributed by atoms with E-state index in [0.717, 1.165) is 25.2 Å². The molecular weight excluding hydrogens is 581 g/mol. The molecule has 6 unspecified atom stereocenters. The Hall–Kier alpha value is -2.69. The van der Waals surface area contributed by atoms with Crippen LogP contribution in [0.1, 0.15) is 29.3 Å². The van der Waals surface area contributed by atoms with Gasteiger partial charge in [0.15, 0.2) is 0 Å². The second kappa shape index (κ2) is 15.7. The van der Waals surface area contributed by atoms with Crippen LogP contribution in [-0.4, -0.2) is 97.7 Å². The van der Waals surface area contributed by atoms with Gasteiger partial charge in [-0.15, -0.1) is 23.2 Å². The number of alkyl halides is 2. The zero-order valence-electron chi connectivity index (χ0n) is 23.9. The van der Waals surface area contributed by atoms with Crippen LogP contribution in [0.25, 0.3) is 0 Å². The summed E-state index contributed by atoms with van der Waals surface area (Å²) in [6, 6.07) is 17.2. The third-order valence-electron chi connectivity index (χ3n) is 7.70. The summed E-state index contributed by atoms with van der Waals surface area (Å²) in [6.07, 6.45) is -1.34. The summed E-state index contributed by atoms with van der Waals surface area (Å²) in [7, 11) is 1.27. The van der Waals surface area contributed by atoms with Crippen molar-refractivity contribution in [2.75, 3.05) is 39.9 Å². The Labute approximate surface area is 257 Å².